The standard InChI is InChI=1S/C48H56O8/c1-3-5-7-9-11-13-27-55-37-23-19-33(20-24-37)15-17-35-29-39(49)43(40(50)30-35)45-47(53)46(48(45)54)44-41(51)31-36(32-42(44)52)18-16-34-21-25-38(26-22-34)56-28-14-12-10-8-6-4-2/h15-26,29-31,46-47,53H,3-14,27-28,32H2,1-2H3,(H2-2,49,50,51,52,54)/p+2/b17-15+,36-18?. The highest BCUT2D eigenvalue weighted by atomic mass is 16.5. The normalized spacial score (nSPS) is 17.7. The lowest BCUT2D eigenvalue weighted by atomic mass is 9.69. The summed E-state index contributed by atoms with van der Waals surface area (Å²) in [7, 11) is 0. The first-order chi connectivity index (χ1) is 27.2. The van der Waals surface area contributed by atoms with Crippen LogP contribution in [-0.4, -0.2) is 50.6 Å². The number of allylic oxidation sites excluding steroid dienone is 2. The molecule has 296 valence electrons. The molecule has 0 spiro atoms. The molecular formula is C48H58O8+2. The van der Waals surface area contributed by atoms with Gasteiger partial charge in [0.25, 0.3) is 0 Å². The minimum Gasteiger partial charge on any atom is -0.510 e. The second-order valence-corrected chi connectivity index (χ2v) is 14.8. The molecule has 2 atom stereocenters. The summed E-state index contributed by atoms with van der Waals surface area (Å²) in [6, 6.07) is 18.2. The first kappa shape index (κ1) is 41.9. The number of ketones is 1. The van der Waals surface area contributed by atoms with Crippen LogP contribution in [0.25, 0.3) is 17.7 Å². The molecule has 2 unspecified atom stereocenters. The Labute approximate surface area is 332 Å². The van der Waals surface area contributed by atoms with E-state index < -0.39 is 23.6 Å². The molecule has 2 aliphatic carbocycles. The number of rotatable bonds is 22. The summed E-state index contributed by atoms with van der Waals surface area (Å²) < 4.78 is 11.7. The van der Waals surface area contributed by atoms with E-state index in [0.29, 0.717) is 24.4 Å². The zero-order valence-corrected chi connectivity index (χ0v) is 32.9. The van der Waals surface area contributed by atoms with Crippen LogP contribution in [0.2, 0.25) is 0 Å². The summed E-state index contributed by atoms with van der Waals surface area (Å²) in [5.74, 6) is -1.47. The Morgan fingerprint density at radius 1 is 0.696 bits per heavy atom. The van der Waals surface area contributed by atoms with E-state index in [9.17, 15) is 30.3 Å². The van der Waals surface area contributed by atoms with Crippen molar-refractivity contribution in [1.82, 2.24) is 0 Å². The number of benzene rings is 3. The van der Waals surface area contributed by atoms with Crippen LogP contribution in [0.15, 0.2) is 89.4 Å². The van der Waals surface area contributed by atoms with Gasteiger partial charge in [0.2, 0.25) is 11.5 Å². The zero-order valence-electron chi connectivity index (χ0n) is 32.9. The fourth-order valence-corrected chi connectivity index (χ4v) is 7.17. The van der Waals surface area contributed by atoms with Gasteiger partial charge in [-0.05, 0) is 48.2 Å². The molecule has 56 heavy (non-hydrogen) atoms. The minimum absolute atomic E-state index is 0.0341. The Hall–Kier alpha value is -5.21. The van der Waals surface area contributed by atoms with E-state index in [1.165, 1.54) is 82.8 Å². The molecule has 5 N–H and O–H groups in total. The molecule has 0 saturated carbocycles. The highest BCUT2D eigenvalue weighted by Crippen LogP contribution is 2.51. The molecule has 0 fully saturated rings. The van der Waals surface area contributed by atoms with Crippen molar-refractivity contribution in [2.24, 2.45) is 5.92 Å². The monoisotopic (exact) mass is 762 g/mol. The summed E-state index contributed by atoms with van der Waals surface area (Å²) in [5, 5.41) is 54.9. The summed E-state index contributed by atoms with van der Waals surface area (Å²) in [6.45, 7) is 5.79. The number of unbranched alkanes of at least 4 members (excludes halogenated alkanes) is 10. The van der Waals surface area contributed by atoms with Crippen LogP contribution in [0.1, 0.15) is 120 Å². The van der Waals surface area contributed by atoms with Crippen molar-refractivity contribution in [2.75, 3.05) is 13.2 Å². The van der Waals surface area contributed by atoms with Gasteiger partial charge in [0.1, 0.15) is 76.4 Å². The Bertz CT molecular complexity index is 1840. The average Bonchev–Trinajstić information content (AvgIpc) is 3.19. The van der Waals surface area contributed by atoms with E-state index >= 15 is 0 Å². The van der Waals surface area contributed by atoms with Crippen molar-refractivity contribution in [3.8, 4) is 23.0 Å². The largest absolute Gasteiger partial charge is 0.510 e. The van der Waals surface area contributed by atoms with E-state index in [2.05, 4.69) is 13.8 Å². The topological polar surface area (TPSA) is 137 Å². The van der Waals surface area contributed by atoms with Gasteiger partial charge in [-0.1, -0.05) is 102 Å². The summed E-state index contributed by atoms with van der Waals surface area (Å²) >= 11 is 0. The Balaban J connectivity index is 1.15. The molecule has 0 radical (unpaired) electrons. The van der Waals surface area contributed by atoms with Gasteiger partial charge in [-0.25, -0.2) is 0 Å². The van der Waals surface area contributed by atoms with Crippen LogP contribution < -0.4 is 9.47 Å². The second kappa shape index (κ2) is 21.2. The van der Waals surface area contributed by atoms with Crippen molar-refractivity contribution in [3.63, 3.8) is 0 Å². The molecule has 0 saturated heterocycles. The third kappa shape index (κ3) is 11.4. The van der Waals surface area contributed by atoms with E-state index in [1.807, 2.05) is 61.0 Å². The molecule has 0 bridgehead atoms. The lowest BCUT2D eigenvalue weighted by Crippen LogP contribution is -2.40. The lowest BCUT2D eigenvalue weighted by Gasteiger charge is -2.35. The molecule has 2 aliphatic rings. The number of phenols is 2. The molecule has 3 aromatic carbocycles. The number of hydrogen-bond acceptors (Lipinski definition) is 8. The fraction of sp³-hybridized carbons (Fsp3) is 0.396. The second-order valence-electron chi connectivity index (χ2n) is 14.8. The van der Waals surface area contributed by atoms with Gasteiger partial charge in [-0.15, -0.1) is 0 Å². The maximum atomic E-state index is 13.3. The highest BCUT2D eigenvalue weighted by Gasteiger charge is 2.52. The molecule has 0 aliphatic heterocycles. The minimum atomic E-state index is -1.44. The van der Waals surface area contributed by atoms with Gasteiger partial charge in [0, 0.05) is 29.8 Å². The van der Waals surface area contributed by atoms with Gasteiger partial charge < -0.3 is 35.0 Å². The van der Waals surface area contributed by atoms with Gasteiger partial charge in [-0.2, -0.15) is 0 Å². The van der Waals surface area contributed by atoms with Crippen molar-refractivity contribution < 1.29 is 39.8 Å². The molecule has 0 aromatic heterocycles. The number of ether oxygens (including phenoxy) is 2. The van der Waals surface area contributed by atoms with Gasteiger partial charge >= 0.3 is 0 Å². The van der Waals surface area contributed by atoms with Crippen LogP contribution in [0.4, 0.5) is 0 Å². The molecular weight excluding hydrogens is 705 g/mol. The number of hydrogen-bond donors (Lipinski definition) is 5. The van der Waals surface area contributed by atoms with Crippen molar-refractivity contribution >= 4 is 23.5 Å². The predicted molar refractivity (Wildman–Crippen MR) is 223 cm³/mol. The Morgan fingerprint density at radius 3 is 1.75 bits per heavy atom. The maximum Gasteiger partial charge on any atom is 0.246 e. The molecule has 5 rings (SSSR count). The number of carbonyl (C=O) groups is 1. The van der Waals surface area contributed by atoms with Crippen LogP contribution in [0.3, 0.4) is 0 Å². The van der Waals surface area contributed by atoms with Crippen molar-refractivity contribution in [3.05, 3.63) is 124 Å². The number of carbonyl (C=O) groups excluding carboxylic acids is 1. The summed E-state index contributed by atoms with van der Waals surface area (Å²) in [4.78, 5) is 13.3. The molecule has 8 nitrogen and oxygen atoms in total. The Morgan fingerprint density at radius 2 is 1.21 bits per heavy atom. The predicted octanol–water partition coefficient (Wildman–Crippen LogP) is 11.2. The third-order valence-corrected chi connectivity index (χ3v) is 10.4. The molecule has 8 heteroatoms. The van der Waals surface area contributed by atoms with Crippen LogP contribution >= 0.6 is 0 Å². The van der Waals surface area contributed by atoms with Gasteiger partial charge in [0.15, 0.2) is 0 Å². The van der Waals surface area contributed by atoms with Crippen LogP contribution in [0.5, 0.6) is 23.0 Å². The van der Waals surface area contributed by atoms with Crippen molar-refractivity contribution in [2.45, 2.75) is 103 Å². The first-order valence-electron chi connectivity index (χ1n) is 20.4. The van der Waals surface area contributed by atoms with E-state index in [4.69, 9.17) is 9.47 Å². The quantitative estimate of drug-likeness (QED) is 0.0388. The van der Waals surface area contributed by atoms with Gasteiger partial charge in [0.05, 0.1) is 25.2 Å². The van der Waals surface area contributed by atoms with E-state index in [-0.39, 0.29) is 40.4 Å². The maximum absolute atomic E-state index is 13.3. The fourth-order valence-electron chi connectivity index (χ4n) is 7.17. The molecule has 0 heterocycles. The average molecular weight is 763 g/mol. The number of Topliss-reactive ketones (excluding diaryl/α,β-unsaturated/α-hetero) is 1. The number of aliphatic hydroxyl groups excluding tert-OH is 3. The highest BCUT2D eigenvalue weighted by molar-refractivity contribution is 6.03. The van der Waals surface area contributed by atoms with Crippen LogP contribution in [-0.2, 0) is 4.79 Å². The zero-order chi connectivity index (χ0) is 39.9. The van der Waals surface area contributed by atoms with E-state index in [1.54, 1.807) is 12.2 Å². The van der Waals surface area contributed by atoms with E-state index in [0.717, 1.165) is 35.5 Å². The first-order valence-corrected chi connectivity index (χ1v) is 20.4. The van der Waals surface area contributed by atoms with Crippen molar-refractivity contribution in [1.29, 1.82) is 0 Å². The number of phenolic OH excluding ortho intramolecular Hbond substituents is 2. The lowest BCUT2D eigenvalue weighted by molar-refractivity contribution is -0.116. The van der Waals surface area contributed by atoms with Crippen LogP contribution in [0, 0.1) is 18.8 Å². The third-order valence-electron chi connectivity index (χ3n) is 10.4. The summed E-state index contributed by atoms with van der Waals surface area (Å²) in [5.41, 5.74) is 2.53. The van der Waals surface area contributed by atoms with Gasteiger partial charge in [-0.3, -0.25) is 4.79 Å². The SMILES string of the molecule is CCCCCCCCOc1ccc(/C=C/c2cc(O)c(C3=C(O)C(C4=C(O)[CH+]C(=C[CH+]c5ccc(OCCCCCCCC)cc5)CC4=O)C3O)c(O)c2)cc1. The summed E-state index contributed by atoms with van der Waals surface area (Å²) in [6.07, 6.45) is 21.6. The molecule has 3 aromatic rings. The Kier molecular flexibility index (Phi) is 15.9. The number of aliphatic hydroxyl groups is 3. The number of aromatic hydroxyl groups is 2. The molecule has 0 amide bonds. The smallest absolute Gasteiger partial charge is 0.246 e.